The molecule has 0 fully saturated rings. The number of hydrogen-bond donors (Lipinski definition) is 0. The molecule has 0 amide bonds. The van der Waals surface area contributed by atoms with Crippen LogP contribution >= 0.6 is 37.2 Å². The van der Waals surface area contributed by atoms with Gasteiger partial charge in [-0.3, -0.25) is 0 Å². The van der Waals surface area contributed by atoms with E-state index in [4.69, 9.17) is 0 Å². The summed E-state index contributed by atoms with van der Waals surface area (Å²) in [6.45, 7) is 0. The zero-order valence-electron chi connectivity index (χ0n) is 5.11. The van der Waals surface area contributed by atoms with Crippen molar-refractivity contribution >= 4 is 40.5 Å². The second-order valence-electron chi connectivity index (χ2n) is 1.37. The third-order valence-electron chi connectivity index (χ3n) is 0.774. The van der Waals surface area contributed by atoms with Crippen molar-refractivity contribution in [2.75, 3.05) is 0 Å². The molecule has 0 heterocycles. The van der Waals surface area contributed by atoms with Gasteiger partial charge in [0.25, 0.3) is 0 Å². The third-order valence-corrected chi connectivity index (χ3v) is 1.59. The Bertz CT molecular complexity index is 143. The van der Waals surface area contributed by atoms with E-state index < -0.39 is 0 Å². The monoisotopic (exact) mass is 275 g/mol. The molecule has 0 unspecified atom stereocenters. The van der Waals surface area contributed by atoms with Gasteiger partial charge < -0.3 is 0 Å². The molecule has 0 bridgehead atoms. The Hall–Kier alpha value is 0.973. The summed E-state index contributed by atoms with van der Waals surface area (Å²) in [5.41, 5.74) is 0. The van der Waals surface area contributed by atoms with E-state index in [9.17, 15) is 0 Å². The zero-order chi connectivity index (χ0) is 5.11. The number of hydrogen-bond acceptors (Lipinski definition) is 0. The second kappa shape index (κ2) is 9.97. The molecular weight excluding hydrogens is 270 g/mol. The Labute approximate surface area is 94.9 Å². The summed E-state index contributed by atoms with van der Waals surface area (Å²) in [5, 5.41) is 0. The van der Waals surface area contributed by atoms with Crippen LogP contribution in [-0.2, 0) is 24.7 Å². The van der Waals surface area contributed by atoms with Crippen LogP contribution in [0.25, 0.3) is 0 Å². The molecule has 1 aromatic rings. The van der Waals surface area contributed by atoms with Crippen molar-refractivity contribution in [1.29, 1.82) is 0 Å². The summed E-state index contributed by atoms with van der Waals surface area (Å²) in [6, 6.07) is 10.4. The topological polar surface area (TPSA) is 0 Å². The molecule has 0 aliphatic heterocycles. The summed E-state index contributed by atoms with van der Waals surface area (Å²) in [6.07, 6.45) is 0. The van der Waals surface area contributed by atoms with Crippen molar-refractivity contribution in [1.82, 2.24) is 0 Å². The van der Waals surface area contributed by atoms with E-state index in [0.29, 0.717) is 0 Å². The molecule has 0 aromatic heterocycles. The standard InChI is InChI=1S/C6H5.3ClH.Zr/c1-2-4-6-5-3-1;;;;/h1-5H;3*1H;. The van der Waals surface area contributed by atoms with Crippen LogP contribution in [0.15, 0.2) is 30.3 Å². The minimum atomic E-state index is 0. The maximum absolute atomic E-state index is 2.12. The molecule has 0 nitrogen and oxygen atoms in total. The van der Waals surface area contributed by atoms with E-state index in [1.165, 1.54) is 28.0 Å². The van der Waals surface area contributed by atoms with Gasteiger partial charge in [0.15, 0.2) is 0 Å². The molecule has 0 radical (unpaired) electrons. The molecule has 1 rings (SSSR count). The summed E-state index contributed by atoms with van der Waals surface area (Å²) in [7, 11) is 0. The SMILES string of the molecule is Cl.Cl.Cl.[Zr][c]1ccccc1. The normalized spacial score (nSPS) is 5.90. The molecule has 0 saturated carbocycles. The van der Waals surface area contributed by atoms with Gasteiger partial charge in [0.05, 0.1) is 0 Å². The van der Waals surface area contributed by atoms with E-state index in [1.54, 1.807) is 0 Å². The zero-order valence-corrected chi connectivity index (χ0v) is 10.0. The number of rotatable bonds is 0. The molecule has 0 atom stereocenters. The van der Waals surface area contributed by atoms with E-state index in [1.807, 2.05) is 6.07 Å². The molecule has 0 aliphatic carbocycles. The van der Waals surface area contributed by atoms with Crippen molar-refractivity contribution in [3.8, 4) is 0 Å². The first-order chi connectivity index (χ1) is 3.39. The van der Waals surface area contributed by atoms with Crippen molar-refractivity contribution in [3.63, 3.8) is 0 Å². The average molecular weight is 278 g/mol. The number of halogens is 3. The van der Waals surface area contributed by atoms with Crippen LogP contribution < -0.4 is 3.27 Å². The van der Waals surface area contributed by atoms with Gasteiger partial charge in [-0.1, -0.05) is 0 Å². The predicted molar refractivity (Wildman–Crippen MR) is 47.8 cm³/mol. The summed E-state index contributed by atoms with van der Waals surface area (Å²) in [5.74, 6) is 0. The van der Waals surface area contributed by atoms with Gasteiger partial charge in [-0.15, -0.1) is 37.2 Å². The molecule has 0 N–H and O–H groups in total. The van der Waals surface area contributed by atoms with Crippen molar-refractivity contribution in [2.45, 2.75) is 0 Å². The average Bonchev–Trinajstić information content (AvgIpc) is 1.69. The van der Waals surface area contributed by atoms with Gasteiger partial charge in [0.1, 0.15) is 0 Å². The van der Waals surface area contributed by atoms with Crippen LogP contribution in [0, 0.1) is 0 Å². The van der Waals surface area contributed by atoms with Gasteiger partial charge in [0.2, 0.25) is 0 Å². The summed E-state index contributed by atoms with van der Waals surface area (Å²) in [4.78, 5) is 0. The molecule has 1 aromatic carbocycles. The van der Waals surface area contributed by atoms with Crippen LogP contribution in [0.5, 0.6) is 0 Å². The van der Waals surface area contributed by atoms with Gasteiger partial charge in [-0.25, -0.2) is 0 Å². The van der Waals surface area contributed by atoms with Crippen LogP contribution in [0.1, 0.15) is 0 Å². The first kappa shape index (κ1) is 17.2. The van der Waals surface area contributed by atoms with Gasteiger partial charge >= 0.3 is 58.3 Å². The minimum absolute atomic E-state index is 0. The van der Waals surface area contributed by atoms with Crippen LogP contribution in [0.4, 0.5) is 0 Å². The fraction of sp³-hybridized carbons (Fsp3) is 0. The summed E-state index contributed by atoms with van der Waals surface area (Å²) >= 11 is 1.49. The Morgan fingerprint density at radius 2 is 1.20 bits per heavy atom. The molecular formula is C6H8Cl3Zr. The molecule has 10 heavy (non-hydrogen) atoms. The van der Waals surface area contributed by atoms with E-state index in [2.05, 4.69) is 24.3 Å². The maximum atomic E-state index is 2.12. The predicted octanol–water partition coefficient (Wildman–Crippen LogP) is 2.12. The van der Waals surface area contributed by atoms with E-state index >= 15 is 0 Å². The number of benzene rings is 1. The van der Waals surface area contributed by atoms with Crippen molar-refractivity contribution < 1.29 is 24.7 Å². The van der Waals surface area contributed by atoms with E-state index in [-0.39, 0.29) is 37.2 Å². The van der Waals surface area contributed by atoms with Crippen molar-refractivity contribution in [3.05, 3.63) is 30.3 Å². The van der Waals surface area contributed by atoms with Crippen LogP contribution in [0.2, 0.25) is 0 Å². The Balaban J connectivity index is -0.000000163. The molecule has 0 spiro atoms. The van der Waals surface area contributed by atoms with Crippen molar-refractivity contribution in [2.24, 2.45) is 0 Å². The molecule has 0 aliphatic rings. The van der Waals surface area contributed by atoms with Crippen LogP contribution in [0.3, 0.4) is 0 Å². The molecule has 0 saturated heterocycles. The van der Waals surface area contributed by atoms with E-state index in [0.717, 1.165) is 0 Å². The van der Waals surface area contributed by atoms with Gasteiger partial charge in [-0.2, -0.15) is 0 Å². The quantitative estimate of drug-likeness (QED) is 0.681. The van der Waals surface area contributed by atoms with Gasteiger partial charge in [0, 0.05) is 0 Å². The van der Waals surface area contributed by atoms with Crippen LogP contribution in [-0.4, -0.2) is 0 Å². The first-order valence-corrected chi connectivity index (χ1v) is 3.39. The molecule has 4 heteroatoms. The Morgan fingerprint density at radius 1 is 0.800 bits per heavy atom. The first-order valence-electron chi connectivity index (χ1n) is 2.16. The van der Waals surface area contributed by atoms with Gasteiger partial charge in [-0.05, 0) is 0 Å². The third kappa shape index (κ3) is 7.08. The molecule has 57 valence electrons. The second-order valence-corrected chi connectivity index (χ2v) is 2.79. The summed E-state index contributed by atoms with van der Waals surface area (Å²) < 4.78 is 1.41. The fourth-order valence-electron chi connectivity index (χ4n) is 0.438. The fourth-order valence-corrected chi connectivity index (χ4v) is 0.911. The Kier molecular flexibility index (Phi) is 17.1. The Morgan fingerprint density at radius 3 is 1.40 bits per heavy atom.